The van der Waals surface area contributed by atoms with Crippen molar-refractivity contribution in [2.75, 3.05) is 5.32 Å². The number of nitrogens with one attached hydrogen (secondary N) is 2. The molecule has 0 aliphatic heterocycles. The molecule has 6 nitrogen and oxygen atoms in total. The van der Waals surface area contributed by atoms with Crippen molar-refractivity contribution in [2.45, 2.75) is 57.5 Å². The van der Waals surface area contributed by atoms with Gasteiger partial charge in [0.25, 0.3) is 0 Å². The van der Waals surface area contributed by atoms with E-state index in [-0.39, 0.29) is 22.5 Å². The van der Waals surface area contributed by atoms with Crippen LogP contribution in [0.1, 0.15) is 50.9 Å². The van der Waals surface area contributed by atoms with Crippen LogP contribution in [-0.2, 0) is 10.0 Å². The Labute approximate surface area is 132 Å². The predicted molar refractivity (Wildman–Crippen MR) is 86.9 cm³/mol. The van der Waals surface area contributed by atoms with Gasteiger partial charge in [0.2, 0.25) is 10.0 Å². The molecule has 1 aromatic carbocycles. The Morgan fingerprint density at radius 1 is 1.18 bits per heavy atom. The maximum Gasteiger partial charge on any atom is 0.335 e. The summed E-state index contributed by atoms with van der Waals surface area (Å²) in [5.74, 6) is -1.16. The smallest absolute Gasteiger partial charge is 0.335 e. The van der Waals surface area contributed by atoms with Crippen molar-refractivity contribution in [1.82, 2.24) is 4.72 Å². The molecule has 2 atom stereocenters. The first-order valence-corrected chi connectivity index (χ1v) is 8.85. The highest BCUT2D eigenvalue weighted by molar-refractivity contribution is 7.89. The first-order chi connectivity index (χ1) is 10.2. The lowest BCUT2D eigenvalue weighted by Gasteiger charge is -2.19. The highest BCUT2D eigenvalue weighted by Crippen LogP contribution is 2.24. The third-order valence-corrected chi connectivity index (χ3v) is 5.13. The fourth-order valence-corrected chi connectivity index (χ4v) is 3.30. The first-order valence-electron chi connectivity index (χ1n) is 7.37. The molecule has 2 unspecified atom stereocenters. The molecule has 0 radical (unpaired) electrons. The third kappa shape index (κ3) is 4.71. The zero-order valence-electron chi connectivity index (χ0n) is 13.4. The minimum absolute atomic E-state index is 0.0343. The summed E-state index contributed by atoms with van der Waals surface area (Å²) in [7, 11) is -3.79. The molecular formula is C15H24N2O4S. The van der Waals surface area contributed by atoms with Gasteiger partial charge >= 0.3 is 5.97 Å². The van der Waals surface area contributed by atoms with Crippen LogP contribution in [0, 0.1) is 0 Å². The summed E-state index contributed by atoms with van der Waals surface area (Å²) in [6.45, 7) is 7.55. The molecule has 1 aromatic rings. The van der Waals surface area contributed by atoms with Crippen LogP contribution in [0.2, 0.25) is 0 Å². The molecule has 1 rings (SSSR count). The molecule has 0 saturated heterocycles. The molecule has 22 heavy (non-hydrogen) atoms. The Morgan fingerprint density at radius 2 is 1.77 bits per heavy atom. The number of anilines is 1. The van der Waals surface area contributed by atoms with Crippen LogP contribution in [0.3, 0.4) is 0 Å². The Bertz CT molecular complexity index is 628. The second kappa shape index (κ2) is 7.60. The Kier molecular flexibility index (Phi) is 6.37. The molecule has 0 saturated carbocycles. The highest BCUT2D eigenvalue weighted by Gasteiger charge is 2.22. The topological polar surface area (TPSA) is 95.5 Å². The predicted octanol–water partition coefficient (Wildman–Crippen LogP) is 2.67. The van der Waals surface area contributed by atoms with Gasteiger partial charge in [0.15, 0.2) is 0 Å². The minimum Gasteiger partial charge on any atom is -0.478 e. The number of hydrogen-bond acceptors (Lipinski definition) is 4. The van der Waals surface area contributed by atoms with Gasteiger partial charge in [0.1, 0.15) is 4.90 Å². The van der Waals surface area contributed by atoms with Gasteiger partial charge in [-0.1, -0.05) is 13.8 Å². The number of carboxylic acids is 1. The van der Waals surface area contributed by atoms with Crippen molar-refractivity contribution in [3.8, 4) is 0 Å². The van der Waals surface area contributed by atoms with E-state index in [1.165, 1.54) is 18.2 Å². The molecule has 3 N–H and O–H groups in total. The molecule has 0 amide bonds. The lowest BCUT2D eigenvalue weighted by atomic mass is 10.2. The second-order valence-corrected chi connectivity index (χ2v) is 7.08. The second-order valence-electron chi connectivity index (χ2n) is 5.40. The van der Waals surface area contributed by atoms with Crippen LogP contribution >= 0.6 is 0 Å². The Morgan fingerprint density at radius 3 is 2.27 bits per heavy atom. The summed E-state index contributed by atoms with van der Waals surface area (Å²) < 4.78 is 27.6. The van der Waals surface area contributed by atoms with E-state index in [0.29, 0.717) is 12.1 Å². The maximum absolute atomic E-state index is 12.5. The van der Waals surface area contributed by atoms with Crippen LogP contribution in [0.15, 0.2) is 23.1 Å². The summed E-state index contributed by atoms with van der Waals surface area (Å²) in [6.07, 6.45) is 1.46. The van der Waals surface area contributed by atoms with Crippen molar-refractivity contribution in [3.63, 3.8) is 0 Å². The number of hydrogen-bond donors (Lipinski definition) is 3. The number of benzene rings is 1. The average Bonchev–Trinajstić information content (AvgIpc) is 2.46. The third-order valence-electron chi connectivity index (χ3n) is 3.50. The summed E-state index contributed by atoms with van der Waals surface area (Å²) in [6, 6.07) is 3.94. The van der Waals surface area contributed by atoms with Crippen LogP contribution in [0.5, 0.6) is 0 Å². The standard InChI is InChI=1S/C15H24N2O4S/c1-5-10(3)16-13-8-7-12(15(18)19)9-14(13)22(20,21)17-11(4)6-2/h7-11,16-17H,5-6H2,1-4H3,(H,18,19). The fourth-order valence-electron chi connectivity index (χ4n) is 1.78. The summed E-state index contributed by atoms with van der Waals surface area (Å²) in [5.41, 5.74) is 0.356. The molecule has 0 spiro atoms. The normalized spacial score (nSPS) is 14.4. The Hall–Kier alpha value is -1.60. The number of carboxylic acid groups (broad SMARTS) is 1. The molecule has 0 fully saturated rings. The van der Waals surface area contributed by atoms with Crippen molar-refractivity contribution in [1.29, 1.82) is 0 Å². The summed E-state index contributed by atoms with van der Waals surface area (Å²) >= 11 is 0. The lowest BCUT2D eigenvalue weighted by molar-refractivity contribution is 0.0696. The van der Waals surface area contributed by atoms with E-state index in [1.54, 1.807) is 6.92 Å². The molecular weight excluding hydrogens is 304 g/mol. The highest BCUT2D eigenvalue weighted by atomic mass is 32.2. The SMILES string of the molecule is CCC(C)Nc1ccc(C(=O)O)cc1S(=O)(=O)NC(C)CC. The maximum atomic E-state index is 12.5. The van der Waals surface area contributed by atoms with E-state index < -0.39 is 16.0 Å². The van der Waals surface area contributed by atoms with Crippen molar-refractivity contribution >= 4 is 21.7 Å². The lowest BCUT2D eigenvalue weighted by Crippen LogP contribution is -2.33. The van der Waals surface area contributed by atoms with E-state index in [4.69, 9.17) is 5.11 Å². The number of carbonyl (C=O) groups is 1. The van der Waals surface area contributed by atoms with E-state index >= 15 is 0 Å². The molecule has 7 heteroatoms. The zero-order valence-corrected chi connectivity index (χ0v) is 14.2. The van der Waals surface area contributed by atoms with Gasteiger partial charge in [0, 0.05) is 12.1 Å². The van der Waals surface area contributed by atoms with Gasteiger partial charge in [-0.25, -0.2) is 17.9 Å². The molecule has 0 aliphatic carbocycles. The van der Waals surface area contributed by atoms with E-state index in [0.717, 1.165) is 6.42 Å². The molecule has 124 valence electrons. The number of sulfonamides is 1. The first kappa shape index (κ1) is 18.4. The van der Waals surface area contributed by atoms with Crippen LogP contribution < -0.4 is 10.0 Å². The number of rotatable bonds is 8. The van der Waals surface area contributed by atoms with Gasteiger partial charge < -0.3 is 10.4 Å². The summed E-state index contributed by atoms with van der Waals surface area (Å²) in [4.78, 5) is 11.1. The van der Waals surface area contributed by atoms with Crippen molar-refractivity contribution < 1.29 is 18.3 Å². The van der Waals surface area contributed by atoms with E-state index in [1.807, 2.05) is 20.8 Å². The molecule has 0 bridgehead atoms. The molecule has 0 aliphatic rings. The van der Waals surface area contributed by atoms with Crippen molar-refractivity contribution in [3.05, 3.63) is 23.8 Å². The van der Waals surface area contributed by atoms with Gasteiger partial charge in [-0.05, 0) is 44.9 Å². The van der Waals surface area contributed by atoms with Gasteiger partial charge in [0.05, 0.1) is 11.3 Å². The van der Waals surface area contributed by atoms with Crippen LogP contribution in [-0.4, -0.2) is 31.6 Å². The van der Waals surface area contributed by atoms with Crippen molar-refractivity contribution in [2.24, 2.45) is 0 Å². The van der Waals surface area contributed by atoms with E-state index in [2.05, 4.69) is 10.0 Å². The quantitative estimate of drug-likeness (QED) is 0.682. The fraction of sp³-hybridized carbons (Fsp3) is 0.533. The van der Waals surface area contributed by atoms with Crippen LogP contribution in [0.4, 0.5) is 5.69 Å². The zero-order chi connectivity index (χ0) is 16.9. The van der Waals surface area contributed by atoms with Gasteiger partial charge in [-0.2, -0.15) is 0 Å². The monoisotopic (exact) mass is 328 g/mol. The number of aromatic carboxylic acids is 1. The molecule has 0 heterocycles. The van der Waals surface area contributed by atoms with E-state index in [9.17, 15) is 13.2 Å². The van der Waals surface area contributed by atoms with Gasteiger partial charge in [-0.15, -0.1) is 0 Å². The largest absolute Gasteiger partial charge is 0.478 e. The Balaban J connectivity index is 3.33. The van der Waals surface area contributed by atoms with Crippen LogP contribution in [0.25, 0.3) is 0 Å². The molecule has 0 aromatic heterocycles. The average molecular weight is 328 g/mol. The minimum atomic E-state index is -3.79. The van der Waals surface area contributed by atoms with Gasteiger partial charge in [-0.3, -0.25) is 0 Å². The summed E-state index contributed by atoms with van der Waals surface area (Å²) in [5, 5.41) is 12.2.